The van der Waals surface area contributed by atoms with E-state index < -0.39 is 54.3 Å². The van der Waals surface area contributed by atoms with E-state index in [2.05, 4.69) is 14.8 Å². The number of pyridine rings is 1. The lowest BCUT2D eigenvalue weighted by Crippen LogP contribution is -2.56. The van der Waals surface area contributed by atoms with Crippen LogP contribution in [0, 0.1) is 17.7 Å². The normalized spacial score (nSPS) is 20.0. The van der Waals surface area contributed by atoms with E-state index in [1.54, 1.807) is 5.32 Å². The number of carbonyl (C=O) groups excluding carboxylic acids is 2. The van der Waals surface area contributed by atoms with Crippen LogP contribution in [0.1, 0.15) is 41.0 Å². The molecule has 4 rings (SSSR count). The van der Waals surface area contributed by atoms with Gasteiger partial charge in [-0.2, -0.15) is 31.4 Å². The van der Waals surface area contributed by atoms with Crippen molar-refractivity contribution in [3.8, 4) is 5.82 Å². The summed E-state index contributed by atoms with van der Waals surface area (Å²) in [6.07, 6.45) is -9.81. The predicted molar refractivity (Wildman–Crippen MR) is 99.4 cm³/mol. The molecule has 3 atom stereocenters. The Balaban J connectivity index is 1.71. The molecule has 0 radical (unpaired) electrons. The fourth-order valence-electron chi connectivity index (χ4n) is 4.25. The Kier molecular flexibility index (Phi) is 5.80. The van der Waals surface area contributed by atoms with Crippen LogP contribution in [0.25, 0.3) is 5.82 Å². The molecule has 1 N–H and O–H groups in total. The summed E-state index contributed by atoms with van der Waals surface area (Å²) in [7, 11) is 0. The van der Waals surface area contributed by atoms with E-state index >= 15 is 0 Å². The minimum atomic E-state index is -5.90. The average molecular weight is 494 g/mol. The number of nitrogens with zero attached hydrogens (tertiary/aromatic N) is 3. The molecular weight excluding hydrogens is 477 g/mol. The third-order valence-electron chi connectivity index (χ3n) is 5.77. The van der Waals surface area contributed by atoms with Gasteiger partial charge in [-0.15, -0.1) is 0 Å². The van der Waals surface area contributed by atoms with Gasteiger partial charge in [0.25, 0.3) is 5.91 Å². The fourth-order valence-corrected chi connectivity index (χ4v) is 4.25. The zero-order valence-corrected chi connectivity index (χ0v) is 17.4. The first kappa shape index (κ1) is 24.0. The molecule has 34 heavy (non-hydrogen) atoms. The smallest absolute Gasteiger partial charge is 0.403 e. The summed E-state index contributed by atoms with van der Waals surface area (Å²) in [6.45, 7) is 0.695. The number of alkyl halides is 6. The average Bonchev–Trinajstić information content (AvgIpc) is 3.21. The summed E-state index contributed by atoms with van der Waals surface area (Å²) in [4.78, 5) is 28.9. The van der Waals surface area contributed by atoms with Crippen LogP contribution in [0.4, 0.5) is 30.7 Å². The standard InChI is InChI=1S/C20H17F7N4O3/c1-2-34-18(33)14(16(19(22,23)24)20(25,26)27)29-17(32)13-11-6-8-5-10(8)15(11)31(30-13)12-4-3-9(21)7-28-12/h3-4,7-8,10,14,16H,2,5-6H2,1H3,(H,29,32)/t8-,10-,14?/m1/s1. The Bertz CT molecular complexity index is 1100. The second-order valence-electron chi connectivity index (χ2n) is 8.03. The first-order valence-corrected chi connectivity index (χ1v) is 10.2. The molecule has 7 nitrogen and oxygen atoms in total. The minimum Gasteiger partial charge on any atom is -0.464 e. The molecule has 1 unspecified atom stereocenters. The highest BCUT2D eigenvalue weighted by atomic mass is 19.4. The van der Waals surface area contributed by atoms with E-state index in [0.29, 0.717) is 17.7 Å². The number of fused-ring (bicyclic) bond motifs is 3. The molecule has 0 spiro atoms. The van der Waals surface area contributed by atoms with Gasteiger partial charge in [0, 0.05) is 11.5 Å². The molecule has 2 aliphatic carbocycles. The van der Waals surface area contributed by atoms with E-state index in [-0.39, 0.29) is 17.7 Å². The maximum Gasteiger partial charge on any atom is 0.403 e. The van der Waals surface area contributed by atoms with Crippen molar-refractivity contribution in [2.45, 2.75) is 44.1 Å². The maximum absolute atomic E-state index is 13.3. The largest absolute Gasteiger partial charge is 0.464 e. The van der Waals surface area contributed by atoms with Crippen molar-refractivity contribution in [3.63, 3.8) is 0 Å². The zero-order chi connectivity index (χ0) is 25.0. The third-order valence-corrected chi connectivity index (χ3v) is 5.77. The summed E-state index contributed by atoms with van der Waals surface area (Å²) in [5.41, 5.74) is 0.443. The topological polar surface area (TPSA) is 86.1 Å². The van der Waals surface area contributed by atoms with Crippen LogP contribution in [0.2, 0.25) is 0 Å². The van der Waals surface area contributed by atoms with Crippen LogP contribution in [-0.2, 0) is 16.0 Å². The van der Waals surface area contributed by atoms with Gasteiger partial charge in [-0.05, 0) is 37.8 Å². The number of esters is 1. The van der Waals surface area contributed by atoms with Gasteiger partial charge in [0.15, 0.2) is 17.4 Å². The van der Waals surface area contributed by atoms with Crippen LogP contribution in [-0.4, -0.2) is 51.6 Å². The zero-order valence-electron chi connectivity index (χ0n) is 17.4. The van der Waals surface area contributed by atoms with E-state index in [1.165, 1.54) is 17.7 Å². The second-order valence-corrected chi connectivity index (χ2v) is 8.03. The Morgan fingerprint density at radius 3 is 2.44 bits per heavy atom. The molecular formula is C20H17F7N4O3. The second kappa shape index (κ2) is 8.24. The monoisotopic (exact) mass is 494 g/mol. The van der Waals surface area contributed by atoms with Crippen LogP contribution in [0.5, 0.6) is 0 Å². The van der Waals surface area contributed by atoms with Gasteiger partial charge in [-0.1, -0.05) is 0 Å². The number of halogens is 7. The van der Waals surface area contributed by atoms with E-state index in [9.17, 15) is 40.3 Å². The van der Waals surface area contributed by atoms with Crippen molar-refractivity contribution in [2.75, 3.05) is 6.61 Å². The molecule has 2 aromatic rings. The van der Waals surface area contributed by atoms with Gasteiger partial charge in [0.2, 0.25) is 0 Å². The molecule has 0 bridgehead atoms. The Morgan fingerprint density at radius 1 is 1.21 bits per heavy atom. The maximum atomic E-state index is 13.3. The number of nitrogens with one attached hydrogen (secondary N) is 1. The lowest BCUT2D eigenvalue weighted by Gasteiger charge is -2.29. The predicted octanol–water partition coefficient (Wildman–Crippen LogP) is 3.47. The molecule has 14 heteroatoms. The van der Waals surface area contributed by atoms with E-state index in [0.717, 1.165) is 18.7 Å². The van der Waals surface area contributed by atoms with Gasteiger partial charge in [-0.3, -0.25) is 4.79 Å². The number of hydrogen-bond acceptors (Lipinski definition) is 5. The number of aromatic nitrogens is 3. The summed E-state index contributed by atoms with van der Waals surface area (Å²) in [5, 5.41) is 5.61. The van der Waals surface area contributed by atoms with Crippen LogP contribution in [0.15, 0.2) is 18.3 Å². The van der Waals surface area contributed by atoms with Crippen molar-refractivity contribution in [3.05, 3.63) is 41.1 Å². The molecule has 2 aliphatic rings. The van der Waals surface area contributed by atoms with Crippen molar-refractivity contribution in [1.82, 2.24) is 20.1 Å². The van der Waals surface area contributed by atoms with Crippen LogP contribution >= 0.6 is 0 Å². The van der Waals surface area contributed by atoms with Crippen LogP contribution in [0.3, 0.4) is 0 Å². The van der Waals surface area contributed by atoms with Gasteiger partial charge in [-0.25, -0.2) is 18.9 Å². The van der Waals surface area contributed by atoms with Gasteiger partial charge < -0.3 is 10.1 Å². The SMILES string of the molecule is CCOC(=O)C(NC(=O)c1nn(-c2ccc(F)cn2)c2c1C[C@H]1C[C@@H]21)C(C(F)(F)F)C(F)(F)F. The number of rotatable bonds is 6. The molecule has 0 aromatic carbocycles. The van der Waals surface area contributed by atoms with Crippen molar-refractivity contribution < 1.29 is 45.1 Å². The van der Waals surface area contributed by atoms with Gasteiger partial charge >= 0.3 is 18.3 Å². The molecule has 2 heterocycles. The highest BCUT2D eigenvalue weighted by Gasteiger charge is 2.63. The van der Waals surface area contributed by atoms with Gasteiger partial charge in [0.05, 0.1) is 18.5 Å². The van der Waals surface area contributed by atoms with E-state index in [1.807, 2.05) is 0 Å². The summed E-state index contributed by atoms with van der Waals surface area (Å²) < 4.78 is 98.8. The molecule has 184 valence electrons. The Morgan fingerprint density at radius 2 is 1.88 bits per heavy atom. The summed E-state index contributed by atoms with van der Waals surface area (Å²) >= 11 is 0. The van der Waals surface area contributed by atoms with Crippen molar-refractivity contribution >= 4 is 11.9 Å². The Labute approximate surface area is 187 Å². The molecule has 1 saturated carbocycles. The van der Waals surface area contributed by atoms with E-state index in [4.69, 9.17) is 0 Å². The van der Waals surface area contributed by atoms with Crippen molar-refractivity contribution in [2.24, 2.45) is 11.8 Å². The molecule has 0 saturated heterocycles. The van der Waals surface area contributed by atoms with Gasteiger partial charge in [0.1, 0.15) is 11.9 Å². The third kappa shape index (κ3) is 4.32. The summed E-state index contributed by atoms with van der Waals surface area (Å²) in [6, 6.07) is -0.720. The number of hydrogen-bond donors (Lipinski definition) is 1. The minimum absolute atomic E-state index is 0.0187. The molecule has 1 amide bonds. The van der Waals surface area contributed by atoms with Crippen LogP contribution < -0.4 is 5.32 Å². The number of carbonyl (C=O) groups is 2. The summed E-state index contributed by atoms with van der Waals surface area (Å²) in [5.74, 6) is -7.86. The molecule has 1 fully saturated rings. The molecule has 2 aromatic heterocycles. The highest BCUT2D eigenvalue weighted by Crippen LogP contribution is 2.57. The fraction of sp³-hybridized carbons (Fsp3) is 0.500. The first-order chi connectivity index (χ1) is 15.8. The lowest BCUT2D eigenvalue weighted by atomic mass is 9.97. The Hall–Kier alpha value is -3.19. The van der Waals surface area contributed by atoms with Crippen molar-refractivity contribution in [1.29, 1.82) is 0 Å². The number of ether oxygens (including phenoxy) is 1. The quantitative estimate of drug-likeness (QED) is 0.491. The lowest BCUT2D eigenvalue weighted by molar-refractivity contribution is -0.290. The molecule has 0 aliphatic heterocycles. The number of amides is 1. The first-order valence-electron chi connectivity index (χ1n) is 10.2. The highest BCUT2D eigenvalue weighted by molar-refractivity contribution is 5.97.